The van der Waals surface area contributed by atoms with Crippen LogP contribution in [0.25, 0.3) is 0 Å². The molecule has 1 fully saturated rings. The van der Waals surface area contributed by atoms with Crippen LogP contribution in [-0.4, -0.2) is 19.8 Å². The molecule has 1 saturated carbocycles. The van der Waals surface area contributed by atoms with E-state index in [0.29, 0.717) is 17.8 Å². The van der Waals surface area contributed by atoms with Gasteiger partial charge < -0.3 is 0 Å². The Labute approximate surface area is 119 Å². The van der Waals surface area contributed by atoms with E-state index in [1.165, 1.54) is 0 Å². The van der Waals surface area contributed by atoms with E-state index in [-0.39, 0.29) is 12.0 Å². The Bertz CT molecular complexity index is 565. The lowest BCUT2D eigenvalue weighted by atomic mass is 10.1. The summed E-state index contributed by atoms with van der Waals surface area (Å²) in [4.78, 5) is -0.632. The second-order valence-corrected chi connectivity index (χ2v) is 6.98. The average Bonchev–Trinajstić information content (AvgIpc) is 2.78. The molecule has 106 valence electrons. The summed E-state index contributed by atoms with van der Waals surface area (Å²) in [5.41, 5.74) is 0. The van der Waals surface area contributed by atoms with E-state index < -0.39 is 26.6 Å². The first-order chi connectivity index (χ1) is 8.94. The highest BCUT2D eigenvalue weighted by Gasteiger charge is 2.31. The van der Waals surface area contributed by atoms with Crippen molar-refractivity contribution in [1.29, 1.82) is 0 Å². The van der Waals surface area contributed by atoms with Crippen LogP contribution in [0.1, 0.15) is 19.3 Å². The van der Waals surface area contributed by atoms with Gasteiger partial charge in [0.1, 0.15) is 16.5 Å². The van der Waals surface area contributed by atoms with Crippen LogP contribution in [-0.2, 0) is 10.0 Å². The topological polar surface area (TPSA) is 46.2 Å². The summed E-state index contributed by atoms with van der Waals surface area (Å²) in [5.74, 6) is -1.53. The fourth-order valence-corrected chi connectivity index (χ4v) is 4.53. The minimum Gasteiger partial charge on any atom is -0.208 e. The zero-order valence-electron chi connectivity index (χ0n) is 10.1. The smallest absolute Gasteiger partial charge is 0.208 e. The summed E-state index contributed by atoms with van der Waals surface area (Å²) in [6, 6.07) is 2.19. The number of hydrogen-bond donors (Lipinski definition) is 1. The van der Waals surface area contributed by atoms with Gasteiger partial charge in [0.15, 0.2) is 0 Å². The van der Waals surface area contributed by atoms with E-state index in [1.807, 2.05) is 0 Å². The second kappa shape index (κ2) is 5.85. The SMILES string of the molecule is O=S(=O)(NC1CCCC1CBr)c1cc(F)ccc1F. The van der Waals surface area contributed by atoms with Crippen LogP contribution in [0.15, 0.2) is 23.1 Å². The number of rotatable bonds is 4. The van der Waals surface area contributed by atoms with Gasteiger partial charge in [0, 0.05) is 11.4 Å². The molecule has 0 aromatic heterocycles. The van der Waals surface area contributed by atoms with Crippen molar-refractivity contribution in [2.75, 3.05) is 5.33 Å². The van der Waals surface area contributed by atoms with Crippen LogP contribution in [0.2, 0.25) is 0 Å². The number of hydrogen-bond acceptors (Lipinski definition) is 2. The highest BCUT2D eigenvalue weighted by atomic mass is 79.9. The van der Waals surface area contributed by atoms with Crippen LogP contribution in [0, 0.1) is 17.6 Å². The van der Waals surface area contributed by atoms with Crippen LogP contribution in [0.5, 0.6) is 0 Å². The van der Waals surface area contributed by atoms with Crippen LogP contribution in [0.4, 0.5) is 8.78 Å². The van der Waals surface area contributed by atoms with Crippen LogP contribution < -0.4 is 4.72 Å². The summed E-state index contributed by atoms with van der Waals surface area (Å²) in [7, 11) is -4.03. The van der Waals surface area contributed by atoms with Crippen molar-refractivity contribution in [3.05, 3.63) is 29.8 Å². The molecule has 2 rings (SSSR count). The second-order valence-electron chi connectivity index (χ2n) is 4.65. The van der Waals surface area contributed by atoms with Gasteiger partial charge >= 0.3 is 0 Å². The van der Waals surface area contributed by atoms with Crippen molar-refractivity contribution in [2.45, 2.75) is 30.2 Å². The molecule has 1 aliphatic rings. The molecule has 2 atom stereocenters. The number of alkyl halides is 1. The predicted molar refractivity (Wildman–Crippen MR) is 71.6 cm³/mol. The molecular formula is C12H14BrF2NO2S. The van der Waals surface area contributed by atoms with Crippen molar-refractivity contribution in [3.8, 4) is 0 Å². The zero-order chi connectivity index (χ0) is 14.0. The van der Waals surface area contributed by atoms with Gasteiger partial charge in [-0.1, -0.05) is 22.4 Å². The number of benzene rings is 1. The molecule has 0 heterocycles. The normalized spacial score (nSPS) is 23.7. The van der Waals surface area contributed by atoms with Crippen molar-refractivity contribution in [1.82, 2.24) is 4.72 Å². The summed E-state index contributed by atoms with van der Waals surface area (Å²) >= 11 is 3.34. The molecule has 0 bridgehead atoms. The lowest BCUT2D eigenvalue weighted by Gasteiger charge is -2.19. The van der Waals surface area contributed by atoms with Crippen molar-refractivity contribution < 1.29 is 17.2 Å². The van der Waals surface area contributed by atoms with Gasteiger partial charge in [-0.25, -0.2) is 21.9 Å². The van der Waals surface area contributed by atoms with E-state index in [9.17, 15) is 17.2 Å². The highest BCUT2D eigenvalue weighted by molar-refractivity contribution is 9.09. The van der Waals surface area contributed by atoms with Gasteiger partial charge in [-0.05, 0) is 37.0 Å². The fourth-order valence-electron chi connectivity index (χ4n) is 2.32. The van der Waals surface area contributed by atoms with Gasteiger partial charge in [-0.2, -0.15) is 0 Å². The number of sulfonamides is 1. The average molecular weight is 354 g/mol. The first-order valence-corrected chi connectivity index (χ1v) is 8.58. The third-order valence-corrected chi connectivity index (χ3v) is 5.68. The maximum atomic E-state index is 13.5. The summed E-state index contributed by atoms with van der Waals surface area (Å²) in [5, 5.41) is 0.686. The van der Waals surface area contributed by atoms with Crippen LogP contribution >= 0.6 is 15.9 Å². The highest BCUT2D eigenvalue weighted by Crippen LogP contribution is 2.28. The molecule has 1 aromatic rings. The molecule has 19 heavy (non-hydrogen) atoms. The molecule has 3 nitrogen and oxygen atoms in total. The largest absolute Gasteiger partial charge is 0.243 e. The fraction of sp³-hybridized carbons (Fsp3) is 0.500. The molecule has 1 aromatic carbocycles. The minimum atomic E-state index is -4.03. The standard InChI is InChI=1S/C12H14BrF2NO2S/c13-7-8-2-1-3-11(8)16-19(17,18)12-6-9(14)4-5-10(12)15/h4-6,8,11,16H,1-3,7H2. The molecule has 0 aliphatic heterocycles. The molecular weight excluding hydrogens is 340 g/mol. The Morgan fingerprint density at radius 2 is 2.05 bits per heavy atom. The molecule has 0 amide bonds. The molecule has 1 aliphatic carbocycles. The van der Waals surface area contributed by atoms with Gasteiger partial charge in [0.2, 0.25) is 10.0 Å². The van der Waals surface area contributed by atoms with E-state index in [4.69, 9.17) is 0 Å². The van der Waals surface area contributed by atoms with Crippen molar-refractivity contribution in [2.24, 2.45) is 5.92 Å². The van der Waals surface area contributed by atoms with E-state index in [1.54, 1.807) is 0 Å². The maximum Gasteiger partial charge on any atom is 0.243 e. The van der Waals surface area contributed by atoms with Crippen molar-refractivity contribution >= 4 is 26.0 Å². The zero-order valence-corrected chi connectivity index (χ0v) is 12.5. The van der Waals surface area contributed by atoms with Gasteiger partial charge in [-0.15, -0.1) is 0 Å². The minimum absolute atomic E-state index is 0.186. The summed E-state index contributed by atoms with van der Waals surface area (Å²) in [6.45, 7) is 0. The van der Waals surface area contributed by atoms with E-state index in [0.717, 1.165) is 25.0 Å². The third-order valence-electron chi connectivity index (χ3n) is 3.35. The molecule has 7 heteroatoms. The number of halogens is 3. The molecule has 0 saturated heterocycles. The van der Waals surface area contributed by atoms with Gasteiger partial charge in [-0.3, -0.25) is 0 Å². The quantitative estimate of drug-likeness (QED) is 0.846. The summed E-state index contributed by atoms with van der Waals surface area (Å²) < 4.78 is 53.2. The van der Waals surface area contributed by atoms with Crippen molar-refractivity contribution in [3.63, 3.8) is 0 Å². The lowest BCUT2D eigenvalue weighted by Crippen LogP contribution is -2.38. The molecule has 0 radical (unpaired) electrons. The predicted octanol–water partition coefficient (Wildman–Crippen LogP) is 2.81. The van der Waals surface area contributed by atoms with Gasteiger partial charge in [0.05, 0.1) is 0 Å². The Morgan fingerprint density at radius 3 is 2.74 bits per heavy atom. The first-order valence-electron chi connectivity index (χ1n) is 5.97. The number of nitrogens with one attached hydrogen (secondary N) is 1. The maximum absolute atomic E-state index is 13.5. The van der Waals surface area contributed by atoms with Crippen LogP contribution in [0.3, 0.4) is 0 Å². The Hall–Kier alpha value is -0.530. The molecule has 2 unspecified atom stereocenters. The van der Waals surface area contributed by atoms with Gasteiger partial charge in [0.25, 0.3) is 0 Å². The third kappa shape index (κ3) is 3.32. The molecule has 1 N–H and O–H groups in total. The lowest BCUT2D eigenvalue weighted by molar-refractivity contribution is 0.479. The summed E-state index contributed by atoms with van der Waals surface area (Å²) in [6.07, 6.45) is 2.56. The molecule has 0 spiro atoms. The van der Waals surface area contributed by atoms with E-state index >= 15 is 0 Å². The monoisotopic (exact) mass is 353 g/mol. The first kappa shape index (κ1) is 14.9. The Morgan fingerprint density at radius 1 is 1.32 bits per heavy atom. The Balaban J connectivity index is 2.25. The Kier molecular flexibility index (Phi) is 4.58. The van der Waals surface area contributed by atoms with E-state index in [2.05, 4.69) is 20.7 Å².